The highest BCUT2D eigenvalue weighted by molar-refractivity contribution is 14.1. The molecule has 4 nitrogen and oxygen atoms in total. The van der Waals surface area contributed by atoms with Gasteiger partial charge in [-0.05, 0) is 34.7 Å². The number of hydrogen-bond donors (Lipinski definition) is 1. The predicted molar refractivity (Wildman–Crippen MR) is 52.8 cm³/mol. The summed E-state index contributed by atoms with van der Waals surface area (Å²) in [4.78, 5) is 20.5. The third-order valence-electron chi connectivity index (χ3n) is 1.41. The number of carboxylic acids is 1. The van der Waals surface area contributed by atoms with E-state index in [0.29, 0.717) is 3.57 Å². The zero-order chi connectivity index (χ0) is 10.7. The van der Waals surface area contributed by atoms with Crippen molar-refractivity contribution in [1.82, 2.24) is 0 Å². The van der Waals surface area contributed by atoms with Crippen LogP contribution in [0.15, 0.2) is 12.1 Å². The van der Waals surface area contributed by atoms with Crippen LogP contribution in [0.4, 0.5) is 4.39 Å². The van der Waals surface area contributed by atoms with Crippen LogP contribution in [0, 0.1) is 9.39 Å². The Morgan fingerprint density at radius 1 is 1.57 bits per heavy atom. The SMILES string of the molecule is O=COc1cc(I)cc(C(=O)O)c1F. The number of halogens is 2. The number of hydrogen-bond acceptors (Lipinski definition) is 3. The number of carbonyl (C=O) groups is 2. The summed E-state index contributed by atoms with van der Waals surface area (Å²) in [7, 11) is 0. The van der Waals surface area contributed by atoms with E-state index in [9.17, 15) is 14.0 Å². The van der Waals surface area contributed by atoms with Gasteiger partial charge in [-0.25, -0.2) is 9.18 Å². The highest BCUT2D eigenvalue weighted by Crippen LogP contribution is 2.23. The molecule has 1 rings (SSSR count). The van der Waals surface area contributed by atoms with Crippen molar-refractivity contribution in [1.29, 1.82) is 0 Å². The Labute approximate surface area is 91.8 Å². The van der Waals surface area contributed by atoms with Crippen molar-refractivity contribution >= 4 is 35.0 Å². The second-order valence-electron chi connectivity index (χ2n) is 2.28. The fourth-order valence-electron chi connectivity index (χ4n) is 0.857. The molecule has 0 aromatic heterocycles. The third-order valence-corrected chi connectivity index (χ3v) is 2.03. The minimum absolute atomic E-state index is 0.0418. The summed E-state index contributed by atoms with van der Waals surface area (Å²) in [5.41, 5.74) is -0.520. The van der Waals surface area contributed by atoms with Gasteiger partial charge in [0.25, 0.3) is 6.47 Å². The van der Waals surface area contributed by atoms with Gasteiger partial charge in [0, 0.05) is 3.57 Å². The van der Waals surface area contributed by atoms with Crippen LogP contribution >= 0.6 is 22.6 Å². The van der Waals surface area contributed by atoms with Gasteiger partial charge in [-0.15, -0.1) is 0 Å². The van der Waals surface area contributed by atoms with E-state index in [1.807, 2.05) is 0 Å². The van der Waals surface area contributed by atoms with E-state index < -0.39 is 17.3 Å². The predicted octanol–water partition coefficient (Wildman–Crippen LogP) is 1.66. The van der Waals surface area contributed by atoms with E-state index in [0.717, 1.165) is 6.07 Å². The van der Waals surface area contributed by atoms with Gasteiger partial charge in [-0.2, -0.15) is 0 Å². The zero-order valence-corrected chi connectivity index (χ0v) is 8.82. The van der Waals surface area contributed by atoms with Crippen LogP contribution in [0.25, 0.3) is 0 Å². The summed E-state index contributed by atoms with van der Waals surface area (Å²) in [6.45, 7) is 0.0418. The van der Waals surface area contributed by atoms with Gasteiger partial charge in [0.15, 0.2) is 11.6 Å². The summed E-state index contributed by atoms with van der Waals surface area (Å²) in [5, 5.41) is 8.60. The molecule has 0 bridgehead atoms. The van der Waals surface area contributed by atoms with Crippen molar-refractivity contribution in [2.75, 3.05) is 0 Å². The van der Waals surface area contributed by atoms with Crippen LogP contribution in [0.3, 0.4) is 0 Å². The Kier molecular flexibility index (Phi) is 3.39. The molecule has 0 unspecified atom stereocenters. The number of ether oxygens (including phenoxy) is 1. The summed E-state index contributed by atoms with van der Waals surface area (Å²) in [6.07, 6.45) is 0. The van der Waals surface area contributed by atoms with Crippen molar-refractivity contribution in [3.8, 4) is 5.75 Å². The maximum atomic E-state index is 13.2. The third kappa shape index (κ3) is 2.19. The molecule has 6 heteroatoms. The number of rotatable bonds is 3. The highest BCUT2D eigenvalue weighted by atomic mass is 127. The molecule has 0 fully saturated rings. The first-order valence-electron chi connectivity index (χ1n) is 3.39. The molecule has 1 aromatic carbocycles. The van der Waals surface area contributed by atoms with E-state index >= 15 is 0 Å². The topological polar surface area (TPSA) is 63.6 Å². The van der Waals surface area contributed by atoms with Gasteiger partial charge >= 0.3 is 5.97 Å². The molecule has 0 atom stereocenters. The van der Waals surface area contributed by atoms with Gasteiger partial charge in [0.05, 0.1) is 0 Å². The van der Waals surface area contributed by atoms with E-state index in [1.165, 1.54) is 6.07 Å². The first kappa shape index (κ1) is 10.9. The van der Waals surface area contributed by atoms with Gasteiger partial charge in [-0.1, -0.05) is 0 Å². The zero-order valence-electron chi connectivity index (χ0n) is 6.66. The molecule has 0 aliphatic heterocycles. The average Bonchev–Trinajstić information content (AvgIpc) is 2.10. The maximum absolute atomic E-state index is 13.2. The molecule has 0 radical (unpaired) electrons. The molecule has 0 aliphatic carbocycles. The van der Waals surface area contributed by atoms with Gasteiger partial charge in [-0.3, -0.25) is 4.79 Å². The van der Waals surface area contributed by atoms with Crippen molar-refractivity contribution in [2.24, 2.45) is 0 Å². The van der Waals surface area contributed by atoms with Crippen molar-refractivity contribution in [3.05, 3.63) is 27.1 Å². The maximum Gasteiger partial charge on any atom is 0.338 e. The second-order valence-corrected chi connectivity index (χ2v) is 3.53. The Balaban J connectivity index is 3.31. The van der Waals surface area contributed by atoms with Gasteiger partial charge in [0.2, 0.25) is 0 Å². The molecule has 74 valence electrons. The van der Waals surface area contributed by atoms with Crippen LogP contribution < -0.4 is 4.74 Å². The molecule has 0 spiro atoms. The van der Waals surface area contributed by atoms with E-state index in [4.69, 9.17) is 5.11 Å². The monoisotopic (exact) mass is 310 g/mol. The molecule has 0 amide bonds. The first-order valence-corrected chi connectivity index (χ1v) is 4.46. The van der Waals surface area contributed by atoms with E-state index in [1.54, 1.807) is 22.6 Å². The van der Waals surface area contributed by atoms with Crippen LogP contribution in [-0.2, 0) is 4.79 Å². The Morgan fingerprint density at radius 2 is 2.21 bits per heavy atom. The Morgan fingerprint density at radius 3 is 2.71 bits per heavy atom. The van der Waals surface area contributed by atoms with Crippen LogP contribution in [0.2, 0.25) is 0 Å². The lowest BCUT2D eigenvalue weighted by molar-refractivity contribution is -0.120. The van der Waals surface area contributed by atoms with Crippen molar-refractivity contribution in [2.45, 2.75) is 0 Å². The molecule has 14 heavy (non-hydrogen) atoms. The summed E-state index contributed by atoms with van der Waals surface area (Å²) in [6, 6.07) is 2.38. The van der Waals surface area contributed by atoms with E-state index in [-0.39, 0.29) is 12.2 Å². The molecule has 1 N–H and O–H groups in total. The molecular weight excluding hydrogens is 306 g/mol. The second kappa shape index (κ2) is 4.36. The molecule has 0 saturated heterocycles. The summed E-state index contributed by atoms with van der Waals surface area (Å²) >= 11 is 1.79. The van der Waals surface area contributed by atoms with Gasteiger partial charge in [0.1, 0.15) is 5.56 Å². The molecule has 1 aromatic rings. The van der Waals surface area contributed by atoms with Crippen molar-refractivity contribution < 1.29 is 23.8 Å². The largest absolute Gasteiger partial charge is 0.478 e. The lowest BCUT2D eigenvalue weighted by atomic mass is 10.2. The Bertz CT molecular complexity index is 391. The number of carboxylic acid groups (broad SMARTS) is 1. The summed E-state index contributed by atoms with van der Waals surface area (Å²) in [5.74, 6) is -2.84. The van der Waals surface area contributed by atoms with Crippen LogP contribution in [-0.4, -0.2) is 17.5 Å². The number of carbonyl (C=O) groups excluding carboxylic acids is 1. The van der Waals surface area contributed by atoms with Crippen LogP contribution in [0.1, 0.15) is 10.4 Å². The Hall–Kier alpha value is -1.18. The minimum Gasteiger partial charge on any atom is -0.478 e. The minimum atomic E-state index is -1.41. The molecule has 0 aliphatic rings. The standard InChI is InChI=1S/C8H4FIO4/c9-7-5(8(12)13)1-4(10)2-6(7)14-3-11/h1-3H,(H,12,13). The quantitative estimate of drug-likeness (QED) is 0.681. The number of benzene rings is 1. The lowest BCUT2D eigenvalue weighted by Gasteiger charge is -2.03. The summed E-state index contributed by atoms with van der Waals surface area (Å²) < 4.78 is 18.0. The fourth-order valence-corrected chi connectivity index (χ4v) is 1.45. The molecular formula is C8H4FIO4. The fraction of sp³-hybridized carbons (Fsp3) is 0. The lowest BCUT2D eigenvalue weighted by Crippen LogP contribution is -2.04. The van der Waals surface area contributed by atoms with Gasteiger partial charge < -0.3 is 9.84 Å². The highest BCUT2D eigenvalue weighted by Gasteiger charge is 2.16. The van der Waals surface area contributed by atoms with E-state index in [2.05, 4.69) is 4.74 Å². The number of aromatic carboxylic acids is 1. The molecule has 0 heterocycles. The normalized spacial score (nSPS) is 9.57. The average molecular weight is 310 g/mol. The van der Waals surface area contributed by atoms with Crippen molar-refractivity contribution in [3.63, 3.8) is 0 Å². The van der Waals surface area contributed by atoms with Crippen LogP contribution in [0.5, 0.6) is 5.75 Å². The molecule has 0 saturated carbocycles. The first-order chi connectivity index (χ1) is 6.56. The smallest absolute Gasteiger partial charge is 0.338 e.